The van der Waals surface area contributed by atoms with Crippen molar-refractivity contribution in [1.29, 1.82) is 0 Å². The maximum absolute atomic E-state index is 5.28. The maximum Gasteiger partial charge on any atom is 0.131 e. The molecule has 0 fully saturated rings. The molecular formula is C35H28N4. The zero-order valence-electron chi connectivity index (χ0n) is 21.4. The van der Waals surface area contributed by atoms with Crippen LogP contribution in [0.4, 0.5) is 0 Å². The molecule has 2 heterocycles. The summed E-state index contributed by atoms with van der Waals surface area (Å²) in [7, 11) is 0. The standard InChI is InChI=1S/C35H28N4/c1-3-11-27(12-4-1)33-37-34(28-13-5-2-6-14-28)39-35(38-33)32-29-15-8-7-10-24(29)21-22-30(32)25-17-19-26(20-18-25)31-16-9-23-36-31/h1-23,31,33,35,38H,(H,37,39). The molecule has 39 heavy (non-hydrogen) atoms. The molecule has 2 aliphatic rings. The van der Waals surface area contributed by atoms with Crippen molar-refractivity contribution in [1.82, 2.24) is 10.6 Å². The lowest BCUT2D eigenvalue weighted by atomic mass is 9.91. The third kappa shape index (κ3) is 4.56. The molecule has 5 aromatic rings. The van der Waals surface area contributed by atoms with E-state index in [0.717, 1.165) is 11.4 Å². The van der Waals surface area contributed by atoms with Crippen LogP contribution < -0.4 is 10.6 Å². The van der Waals surface area contributed by atoms with Gasteiger partial charge in [0.2, 0.25) is 0 Å². The minimum atomic E-state index is -0.255. The summed E-state index contributed by atoms with van der Waals surface area (Å²) < 4.78 is 0. The fourth-order valence-corrected chi connectivity index (χ4v) is 5.51. The van der Waals surface area contributed by atoms with Crippen LogP contribution in [0.3, 0.4) is 0 Å². The normalized spacial score (nSPS) is 20.1. The second kappa shape index (κ2) is 10.2. The van der Waals surface area contributed by atoms with Gasteiger partial charge in [0.05, 0.1) is 6.04 Å². The van der Waals surface area contributed by atoms with Gasteiger partial charge in [-0.2, -0.15) is 0 Å². The van der Waals surface area contributed by atoms with Gasteiger partial charge >= 0.3 is 0 Å². The van der Waals surface area contributed by atoms with Gasteiger partial charge in [0.15, 0.2) is 0 Å². The van der Waals surface area contributed by atoms with Crippen LogP contribution >= 0.6 is 0 Å². The summed E-state index contributed by atoms with van der Waals surface area (Å²) >= 11 is 0. The molecule has 2 N–H and O–H groups in total. The highest BCUT2D eigenvalue weighted by atomic mass is 15.3. The monoisotopic (exact) mass is 504 g/mol. The molecule has 0 bridgehead atoms. The van der Waals surface area contributed by atoms with E-state index in [9.17, 15) is 0 Å². The average molecular weight is 505 g/mol. The molecule has 0 spiro atoms. The van der Waals surface area contributed by atoms with E-state index in [-0.39, 0.29) is 18.4 Å². The van der Waals surface area contributed by atoms with Gasteiger partial charge in [-0.1, -0.05) is 127 Å². The lowest BCUT2D eigenvalue weighted by Gasteiger charge is -2.33. The third-order valence-corrected chi connectivity index (χ3v) is 7.48. The molecule has 2 aliphatic heterocycles. The van der Waals surface area contributed by atoms with E-state index in [0.29, 0.717) is 0 Å². The van der Waals surface area contributed by atoms with Crippen LogP contribution in [-0.4, -0.2) is 12.1 Å². The van der Waals surface area contributed by atoms with E-state index >= 15 is 0 Å². The molecule has 0 aromatic heterocycles. The number of hydrogen-bond donors (Lipinski definition) is 2. The number of allylic oxidation sites excluding steroid dienone is 1. The number of fused-ring (bicyclic) bond motifs is 1. The molecule has 0 saturated heterocycles. The summed E-state index contributed by atoms with van der Waals surface area (Å²) in [6.45, 7) is 0. The first-order chi connectivity index (χ1) is 19.3. The highest BCUT2D eigenvalue weighted by Crippen LogP contribution is 2.38. The Morgan fingerprint density at radius 2 is 1.36 bits per heavy atom. The molecule has 0 saturated carbocycles. The van der Waals surface area contributed by atoms with Crippen LogP contribution in [0.1, 0.15) is 40.6 Å². The Morgan fingerprint density at radius 3 is 2.13 bits per heavy atom. The van der Waals surface area contributed by atoms with Crippen molar-refractivity contribution in [2.75, 3.05) is 0 Å². The smallest absolute Gasteiger partial charge is 0.131 e. The van der Waals surface area contributed by atoms with Crippen molar-refractivity contribution < 1.29 is 0 Å². The van der Waals surface area contributed by atoms with E-state index in [1.165, 1.54) is 38.6 Å². The lowest BCUT2D eigenvalue weighted by molar-refractivity contribution is 0.411. The summed E-state index contributed by atoms with van der Waals surface area (Å²) in [5, 5.41) is 9.87. The summed E-state index contributed by atoms with van der Waals surface area (Å²) in [5.74, 6) is 0.883. The van der Waals surface area contributed by atoms with Crippen molar-refractivity contribution in [2.45, 2.75) is 18.4 Å². The predicted molar refractivity (Wildman–Crippen MR) is 161 cm³/mol. The Balaban J connectivity index is 1.38. The fraction of sp³-hybridized carbons (Fsp3) is 0.0857. The Hall–Kier alpha value is -4.80. The van der Waals surface area contributed by atoms with Crippen molar-refractivity contribution in [3.8, 4) is 11.1 Å². The van der Waals surface area contributed by atoms with E-state index in [1.807, 2.05) is 18.4 Å². The quantitative estimate of drug-likeness (QED) is 0.260. The molecular weight excluding hydrogens is 476 g/mol. The van der Waals surface area contributed by atoms with E-state index in [1.54, 1.807) is 0 Å². The van der Waals surface area contributed by atoms with Crippen LogP contribution in [0.25, 0.3) is 21.9 Å². The van der Waals surface area contributed by atoms with Gasteiger partial charge in [0, 0.05) is 17.3 Å². The predicted octanol–water partition coefficient (Wildman–Crippen LogP) is 7.53. The van der Waals surface area contributed by atoms with Crippen LogP contribution in [0.2, 0.25) is 0 Å². The summed E-state index contributed by atoms with van der Waals surface area (Å²) in [4.78, 5) is 9.82. The molecule has 0 amide bonds. The van der Waals surface area contributed by atoms with Gasteiger partial charge in [0.1, 0.15) is 18.2 Å². The van der Waals surface area contributed by atoms with Crippen LogP contribution in [0, 0.1) is 0 Å². The number of rotatable bonds is 5. The Morgan fingerprint density at radius 1 is 0.615 bits per heavy atom. The van der Waals surface area contributed by atoms with Gasteiger partial charge in [0.25, 0.3) is 0 Å². The molecule has 4 nitrogen and oxygen atoms in total. The Bertz CT molecular complexity index is 1690. The Kier molecular flexibility index (Phi) is 6.08. The molecule has 3 unspecified atom stereocenters. The maximum atomic E-state index is 5.28. The summed E-state index contributed by atoms with van der Waals surface area (Å²) in [6, 6.07) is 42.8. The number of nitrogens with one attached hydrogen (secondary N) is 2. The minimum absolute atomic E-state index is 0.0925. The van der Waals surface area contributed by atoms with Crippen molar-refractivity contribution in [3.63, 3.8) is 0 Å². The minimum Gasteiger partial charge on any atom is -0.350 e. The van der Waals surface area contributed by atoms with Crippen LogP contribution in [-0.2, 0) is 0 Å². The first-order valence-corrected chi connectivity index (χ1v) is 13.4. The van der Waals surface area contributed by atoms with Gasteiger partial charge in [-0.15, -0.1) is 0 Å². The van der Waals surface area contributed by atoms with Gasteiger partial charge in [-0.25, -0.2) is 4.99 Å². The van der Waals surface area contributed by atoms with Crippen molar-refractivity contribution >= 4 is 22.8 Å². The van der Waals surface area contributed by atoms with E-state index in [2.05, 4.69) is 137 Å². The molecule has 4 heteroatoms. The second-order valence-corrected chi connectivity index (χ2v) is 9.90. The SMILES string of the molecule is C1=CC(c2ccc(-c3ccc4ccccc4c3C3N=C(c4ccccc4)NC(c4ccccc4)N3)cc2)N=C1. The first-order valence-electron chi connectivity index (χ1n) is 13.4. The zero-order chi connectivity index (χ0) is 26.0. The summed E-state index contributed by atoms with van der Waals surface area (Å²) in [6.07, 6.45) is 5.65. The molecule has 0 aliphatic carbocycles. The number of nitrogens with zero attached hydrogens (tertiary/aromatic N) is 2. The number of amidine groups is 1. The van der Waals surface area contributed by atoms with E-state index in [4.69, 9.17) is 4.99 Å². The molecule has 5 aromatic carbocycles. The topological polar surface area (TPSA) is 48.8 Å². The largest absolute Gasteiger partial charge is 0.350 e. The third-order valence-electron chi connectivity index (χ3n) is 7.48. The van der Waals surface area contributed by atoms with Crippen molar-refractivity contribution in [3.05, 3.63) is 156 Å². The fourth-order valence-electron chi connectivity index (χ4n) is 5.51. The number of benzene rings is 5. The van der Waals surface area contributed by atoms with Crippen LogP contribution in [0.5, 0.6) is 0 Å². The lowest BCUT2D eigenvalue weighted by Crippen LogP contribution is -2.45. The highest BCUT2D eigenvalue weighted by molar-refractivity contribution is 6.00. The molecule has 188 valence electrons. The molecule has 3 atom stereocenters. The zero-order valence-corrected chi connectivity index (χ0v) is 21.4. The second-order valence-electron chi connectivity index (χ2n) is 9.90. The van der Waals surface area contributed by atoms with Gasteiger partial charge in [-0.3, -0.25) is 10.3 Å². The van der Waals surface area contributed by atoms with Gasteiger partial charge in [-0.05, 0) is 39.1 Å². The highest BCUT2D eigenvalue weighted by Gasteiger charge is 2.28. The van der Waals surface area contributed by atoms with Crippen molar-refractivity contribution in [2.24, 2.45) is 9.98 Å². The van der Waals surface area contributed by atoms with E-state index < -0.39 is 0 Å². The van der Waals surface area contributed by atoms with Crippen LogP contribution in [0.15, 0.2) is 143 Å². The number of hydrogen-bond acceptors (Lipinski definition) is 4. The Labute approximate surface area is 228 Å². The van der Waals surface area contributed by atoms with Gasteiger partial charge < -0.3 is 5.32 Å². The summed E-state index contributed by atoms with van der Waals surface area (Å²) in [5.41, 5.74) is 6.95. The number of aliphatic imine (C=N–C) groups is 2. The molecule has 7 rings (SSSR count). The first kappa shape index (κ1) is 23.3. The average Bonchev–Trinajstić information content (AvgIpc) is 3.57. The molecule has 0 radical (unpaired) electrons.